The molecule has 0 saturated heterocycles. The number of aliphatic hydroxyl groups is 2. The van der Waals surface area contributed by atoms with Gasteiger partial charge in [-0.25, -0.2) is 0 Å². The van der Waals surface area contributed by atoms with Crippen molar-refractivity contribution in [3.8, 4) is 30.4 Å². The Balaban J connectivity index is 0.000000142. The molecule has 1 aromatic carbocycles. The molecule has 0 radical (unpaired) electrons. The normalized spacial score (nSPS) is 48.3. The van der Waals surface area contributed by atoms with Gasteiger partial charge in [0, 0.05) is 10.8 Å². The van der Waals surface area contributed by atoms with Crippen LogP contribution in [-0.2, 0) is 6.42 Å². The van der Waals surface area contributed by atoms with Crippen LogP contribution in [0.2, 0.25) is 0 Å². The monoisotopic (exact) mass is 594 g/mol. The number of fused-ring (bicyclic) bond motifs is 10. The summed E-state index contributed by atoms with van der Waals surface area (Å²) in [6.07, 6.45) is 31.0. The lowest BCUT2D eigenvalue weighted by Crippen LogP contribution is -2.54. The summed E-state index contributed by atoms with van der Waals surface area (Å²) >= 11 is 0. The molecule has 3 nitrogen and oxygen atoms in total. The third-order valence-corrected chi connectivity index (χ3v) is 15.5. The van der Waals surface area contributed by atoms with Crippen LogP contribution >= 0.6 is 0 Å². The van der Waals surface area contributed by atoms with Gasteiger partial charge in [-0.1, -0.05) is 50.3 Å². The highest BCUT2D eigenvalue weighted by atomic mass is 16.3. The van der Waals surface area contributed by atoms with E-state index < -0.39 is 11.2 Å². The first-order chi connectivity index (χ1) is 20.9. The molecule has 8 rings (SSSR count). The quantitative estimate of drug-likeness (QED) is 0.209. The van der Waals surface area contributed by atoms with E-state index in [2.05, 4.69) is 44.8 Å². The van der Waals surface area contributed by atoms with Crippen LogP contribution in [0.1, 0.15) is 128 Å². The van der Waals surface area contributed by atoms with Crippen LogP contribution in [0.15, 0.2) is 29.8 Å². The van der Waals surface area contributed by atoms with Crippen LogP contribution in [0.4, 0.5) is 0 Å². The Morgan fingerprint density at radius 1 is 0.727 bits per heavy atom. The number of aryl methyl sites for hydroxylation is 1. The van der Waals surface area contributed by atoms with Crippen molar-refractivity contribution in [3.05, 3.63) is 41.0 Å². The highest BCUT2D eigenvalue weighted by Crippen LogP contribution is 2.68. The summed E-state index contributed by atoms with van der Waals surface area (Å²) in [7, 11) is 0. The van der Waals surface area contributed by atoms with Crippen molar-refractivity contribution in [2.75, 3.05) is 0 Å². The van der Waals surface area contributed by atoms with Gasteiger partial charge in [0.05, 0.1) is 0 Å². The van der Waals surface area contributed by atoms with Gasteiger partial charge >= 0.3 is 0 Å². The average Bonchev–Trinajstić information content (AvgIpc) is 3.46. The van der Waals surface area contributed by atoms with Crippen LogP contribution in [-0.4, -0.2) is 26.5 Å². The van der Waals surface area contributed by atoms with Gasteiger partial charge in [0.2, 0.25) is 0 Å². The SMILES string of the molecule is C#CC1(O)CCC2C3CCC4=CCCCC4(C)C3CCC21C.C#CC1(O)CCC2C3CCc4cc(O)ccc4C3CCC21C. The van der Waals surface area contributed by atoms with Crippen LogP contribution in [0.5, 0.6) is 5.75 Å². The van der Waals surface area contributed by atoms with Crippen molar-refractivity contribution < 1.29 is 15.3 Å². The molecular formula is C41H54O3. The van der Waals surface area contributed by atoms with Gasteiger partial charge in [0.1, 0.15) is 17.0 Å². The van der Waals surface area contributed by atoms with E-state index in [1.807, 2.05) is 12.1 Å². The predicted molar refractivity (Wildman–Crippen MR) is 177 cm³/mol. The molecule has 3 N–H and O–H groups in total. The second-order valence-electron chi connectivity index (χ2n) is 16.8. The van der Waals surface area contributed by atoms with Crippen LogP contribution in [0.3, 0.4) is 0 Å². The fraction of sp³-hybridized carbons (Fsp3) is 0.707. The first-order valence-corrected chi connectivity index (χ1v) is 17.8. The topological polar surface area (TPSA) is 60.7 Å². The Labute approximate surface area is 266 Å². The van der Waals surface area contributed by atoms with Crippen molar-refractivity contribution >= 4 is 0 Å². The van der Waals surface area contributed by atoms with Gasteiger partial charge in [-0.05, 0) is 160 Å². The van der Waals surface area contributed by atoms with Crippen molar-refractivity contribution in [2.45, 2.75) is 134 Å². The van der Waals surface area contributed by atoms with E-state index >= 15 is 0 Å². The molecule has 0 aromatic heterocycles. The summed E-state index contributed by atoms with van der Waals surface area (Å²) in [5.74, 6) is 9.84. The summed E-state index contributed by atoms with van der Waals surface area (Å²) in [4.78, 5) is 0. The largest absolute Gasteiger partial charge is 0.508 e. The molecule has 1 aromatic rings. The van der Waals surface area contributed by atoms with Gasteiger partial charge in [0.15, 0.2) is 0 Å². The molecule has 44 heavy (non-hydrogen) atoms. The summed E-state index contributed by atoms with van der Waals surface area (Å²) in [6, 6.07) is 5.87. The molecule has 0 spiro atoms. The van der Waals surface area contributed by atoms with Gasteiger partial charge < -0.3 is 15.3 Å². The number of allylic oxidation sites excluding steroid dienone is 2. The molecule has 11 unspecified atom stereocenters. The van der Waals surface area contributed by atoms with Crippen LogP contribution in [0, 0.1) is 70.5 Å². The molecule has 5 fully saturated rings. The van der Waals surface area contributed by atoms with Gasteiger partial charge in [0.25, 0.3) is 0 Å². The molecule has 0 bridgehead atoms. The van der Waals surface area contributed by atoms with Crippen LogP contribution < -0.4 is 0 Å². The molecule has 236 valence electrons. The highest BCUT2D eigenvalue weighted by Gasteiger charge is 2.64. The van der Waals surface area contributed by atoms with Crippen molar-refractivity contribution in [1.29, 1.82) is 0 Å². The lowest BCUT2D eigenvalue weighted by atomic mass is 9.46. The zero-order chi connectivity index (χ0) is 31.1. The zero-order valence-corrected chi connectivity index (χ0v) is 27.4. The fourth-order valence-corrected chi connectivity index (χ4v) is 12.8. The molecular weight excluding hydrogens is 540 g/mol. The molecule has 3 heteroatoms. The van der Waals surface area contributed by atoms with Crippen molar-refractivity contribution in [1.82, 2.24) is 0 Å². The van der Waals surface area contributed by atoms with E-state index in [0.29, 0.717) is 34.8 Å². The smallest absolute Gasteiger partial charge is 0.130 e. The van der Waals surface area contributed by atoms with E-state index in [1.54, 1.807) is 5.57 Å². The third kappa shape index (κ3) is 4.11. The summed E-state index contributed by atoms with van der Waals surface area (Å²) in [5.41, 5.74) is 2.99. The van der Waals surface area contributed by atoms with E-state index in [-0.39, 0.29) is 10.8 Å². The van der Waals surface area contributed by atoms with Gasteiger partial charge in [-0.3, -0.25) is 0 Å². The first-order valence-electron chi connectivity index (χ1n) is 17.8. The van der Waals surface area contributed by atoms with E-state index in [1.165, 1.54) is 49.7 Å². The maximum absolute atomic E-state index is 11.0. The molecule has 5 saturated carbocycles. The summed E-state index contributed by atoms with van der Waals surface area (Å²) in [6.45, 7) is 7.04. The second-order valence-corrected chi connectivity index (χ2v) is 16.8. The lowest BCUT2D eigenvalue weighted by molar-refractivity contribution is -0.0996. The number of hydrogen-bond donors (Lipinski definition) is 3. The Bertz CT molecular complexity index is 1430. The van der Waals surface area contributed by atoms with E-state index in [9.17, 15) is 15.3 Å². The maximum Gasteiger partial charge on any atom is 0.130 e. The van der Waals surface area contributed by atoms with Crippen LogP contribution in [0.25, 0.3) is 0 Å². The molecule has 0 heterocycles. The third-order valence-electron chi connectivity index (χ3n) is 15.5. The number of phenolic OH excluding ortho intramolecular Hbond substituents is 1. The standard InChI is InChI=1S/C21H30O.C20H24O2/c1-4-21(22)14-11-18-16-9-8-15-7-5-6-12-19(15,2)17(16)10-13-20(18,21)3;1-3-20(22)11-9-18-17-6-4-13-12-14(21)5-7-15(13)16(17)8-10-19(18,20)2/h1,7,16-18,22H,5-6,8-14H2,2-3H3;1,5,7,12,16-18,21-22H,4,6,8-11H2,2H3. The Kier molecular flexibility index (Phi) is 7.20. The van der Waals surface area contributed by atoms with Crippen molar-refractivity contribution in [3.63, 3.8) is 0 Å². The molecule has 0 aliphatic heterocycles. The minimum absolute atomic E-state index is 0.0465. The summed E-state index contributed by atoms with van der Waals surface area (Å²) < 4.78 is 0. The minimum Gasteiger partial charge on any atom is -0.508 e. The number of aromatic hydroxyl groups is 1. The molecule has 11 atom stereocenters. The number of rotatable bonds is 0. The van der Waals surface area contributed by atoms with Gasteiger partial charge in [-0.15, -0.1) is 12.8 Å². The van der Waals surface area contributed by atoms with E-state index in [4.69, 9.17) is 12.8 Å². The highest BCUT2D eigenvalue weighted by molar-refractivity contribution is 5.40. The molecule has 7 aliphatic carbocycles. The number of terminal acetylenes is 2. The second kappa shape index (κ2) is 10.4. The minimum atomic E-state index is -0.919. The maximum atomic E-state index is 11.0. The Morgan fingerprint density at radius 3 is 2.02 bits per heavy atom. The first kappa shape index (κ1) is 30.5. The Hall–Kier alpha value is -2.20. The molecule has 0 amide bonds. The molecule has 7 aliphatic rings. The lowest BCUT2D eigenvalue weighted by Gasteiger charge is -2.58. The van der Waals surface area contributed by atoms with Crippen molar-refractivity contribution in [2.24, 2.45) is 45.8 Å². The summed E-state index contributed by atoms with van der Waals surface area (Å²) in [5, 5.41) is 31.6. The predicted octanol–water partition coefficient (Wildman–Crippen LogP) is 8.32. The fourth-order valence-electron chi connectivity index (χ4n) is 12.8. The average molecular weight is 595 g/mol. The van der Waals surface area contributed by atoms with Gasteiger partial charge in [-0.2, -0.15) is 0 Å². The number of phenols is 1. The zero-order valence-electron chi connectivity index (χ0n) is 27.4. The van der Waals surface area contributed by atoms with E-state index in [0.717, 1.165) is 69.6 Å². The Morgan fingerprint density at radius 2 is 1.34 bits per heavy atom. The number of hydrogen-bond acceptors (Lipinski definition) is 3. The number of benzene rings is 1.